The number of hydrogen-bond donors (Lipinski definition) is 1. The Morgan fingerprint density at radius 1 is 1.47 bits per heavy atom. The highest BCUT2D eigenvalue weighted by Crippen LogP contribution is 2.20. The average molecular weight is 208 g/mol. The Morgan fingerprint density at radius 2 is 2.20 bits per heavy atom. The Kier molecular flexibility index (Phi) is 3.41. The Balaban J connectivity index is 1.91. The largest absolute Gasteiger partial charge is 0.361 e. The highest BCUT2D eigenvalue weighted by molar-refractivity contribution is 5.09. The monoisotopic (exact) mass is 208 g/mol. The molecular weight excluding hydrogens is 188 g/mol. The molecule has 1 saturated heterocycles. The summed E-state index contributed by atoms with van der Waals surface area (Å²) in [5, 5.41) is 7.47. The molecule has 0 atom stereocenters. The van der Waals surface area contributed by atoms with Crippen LogP contribution in [-0.2, 0) is 6.42 Å². The minimum absolute atomic E-state index is 0.468. The van der Waals surface area contributed by atoms with Crippen molar-refractivity contribution in [3.8, 4) is 0 Å². The molecule has 0 radical (unpaired) electrons. The Labute approximate surface area is 91.2 Å². The van der Waals surface area contributed by atoms with Gasteiger partial charge in [-0.25, -0.2) is 0 Å². The number of piperidine rings is 1. The van der Waals surface area contributed by atoms with E-state index in [0.29, 0.717) is 5.92 Å². The summed E-state index contributed by atoms with van der Waals surface area (Å²) in [6.07, 6.45) is 3.58. The fraction of sp³-hybridized carbons (Fsp3) is 0.750. The van der Waals surface area contributed by atoms with Gasteiger partial charge in [-0.15, -0.1) is 0 Å². The summed E-state index contributed by atoms with van der Waals surface area (Å²) in [4.78, 5) is 0. The zero-order valence-electron chi connectivity index (χ0n) is 9.62. The summed E-state index contributed by atoms with van der Waals surface area (Å²) < 4.78 is 5.36. The van der Waals surface area contributed by atoms with Gasteiger partial charge in [-0.1, -0.05) is 19.0 Å². The van der Waals surface area contributed by atoms with E-state index in [1.165, 1.54) is 12.8 Å². The quantitative estimate of drug-likeness (QED) is 0.828. The van der Waals surface area contributed by atoms with Crippen molar-refractivity contribution >= 4 is 0 Å². The molecule has 0 saturated carbocycles. The molecule has 15 heavy (non-hydrogen) atoms. The van der Waals surface area contributed by atoms with Crippen LogP contribution in [0.3, 0.4) is 0 Å². The predicted octanol–water partition coefficient (Wildman–Crippen LogP) is 2.34. The van der Waals surface area contributed by atoms with Crippen LogP contribution in [0.15, 0.2) is 10.6 Å². The molecule has 1 N–H and O–H groups in total. The molecule has 1 aliphatic rings. The molecule has 1 aromatic heterocycles. The first-order valence-corrected chi connectivity index (χ1v) is 5.92. The minimum Gasteiger partial charge on any atom is -0.361 e. The molecule has 84 valence electrons. The number of hydrogen-bond acceptors (Lipinski definition) is 3. The molecule has 0 aliphatic carbocycles. The number of aromatic nitrogens is 1. The first kappa shape index (κ1) is 10.7. The van der Waals surface area contributed by atoms with Crippen LogP contribution >= 0.6 is 0 Å². The van der Waals surface area contributed by atoms with Crippen LogP contribution in [0.1, 0.15) is 44.1 Å². The molecule has 2 heterocycles. The molecular formula is C12H20N2O. The van der Waals surface area contributed by atoms with Gasteiger partial charge in [0.1, 0.15) is 5.76 Å². The van der Waals surface area contributed by atoms with E-state index < -0.39 is 0 Å². The van der Waals surface area contributed by atoms with Gasteiger partial charge in [-0.3, -0.25) is 0 Å². The number of rotatable bonds is 3. The van der Waals surface area contributed by atoms with Crippen LogP contribution in [0, 0.1) is 5.92 Å². The second-order valence-electron chi connectivity index (χ2n) is 4.77. The lowest BCUT2D eigenvalue weighted by Gasteiger charge is -2.21. The normalized spacial score (nSPS) is 18.6. The van der Waals surface area contributed by atoms with E-state index in [2.05, 4.69) is 30.4 Å². The van der Waals surface area contributed by atoms with Crippen molar-refractivity contribution in [1.29, 1.82) is 0 Å². The van der Waals surface area contributed by atoms with Crippen LogP contribution < -0.4 is 5.32 Å². The summed E-state index contributed by atoms with van der Waals surface area (Å²) >= 11 is 0. The van der Waals surface area contributed by atoms with Gasteiger partial charge in [-0.05, 0) is 37.8 Å². The Morgan fingerprint density at radius 3 is 2.80 bits per heavy atom. The average Bonchev–Trinajstić information content (AvgIpc) is 2.68. The molecule has 0 aromatic carbocycles. The summed E-state index contributed by atoms with van der Waals surface area (Å²) in [6.45, 7) is 6.59. The fourth-order valence-electron chi connectivity index (χ4n) is 2.07. The molecule has 0 bridgehead atoms. The molecule has 0 unspecified atom stereocenters. The van der Waals surface area contributed by atoms with Crippen LogP contribution in [0.2, 0.25) is 0 Å². The first-order valence-electron chi connectivity index (χ1n) is 5.92. The molecule has 1 aromatic rings. The van der Waals surface area contributed by atoms with Gasteiger partial charge < -0.3 is 9.84 Å². The van der Waals surface area contributed by atoms with Crippen molar-refractivity contribution < 1.29 is 4.52 Å². The van der Waals surface area contributed by atoms with Crippen LogP contribution in [0.5, 0.6) is 0 Å². The fourth-order valence-corrected chi connectivity index (χ4v) is 2.07. The van der Waals surface area contributed by atoms with Gasteiger partial charge in [0.05, 0.1) is 5.69 Å². The molecule has 3 heteroatoms. The lowest BCUT2D eigenvalue weighted by molar-refractivity contribution is 0.316. The zero-order chi connectivity index (χ0) is 10.7. The highest BCUT2D eigenvalue weighted by Gasteiger charge is 2.16. The van der Waals surface area contributed by atoms with E-state index in [1.54, 1.807) is 0 Å². The SMILES string of the molecule is CC(C)c1cc(CC2CCNCC2)on1. The van der Waals surface area contributed by atoms with E-state index in [1.807, 2.05) is 0 Å². The maximum absolute atomic E-state index is 5.36. The Hall–Kier alpha value is -0.830. The topological polar surface area (TPSA) is 38.1 Å². The third kappa shape index (κ3) is 2.81. The highest BCUT2D eigenvalue weighted by atomic mass is 16.5. The smallest absolute Gasteiger partial charge is 0.137 e. The predicted molar refractivity (Wildman–Crippen MR) is 59.9 cm³/mol. The van der Waals surface area contributed by atoms with E-state index in [4.69, 9.17) is 4.52 Å². The van der Waals surface area contributed by atoms with Crippen molar-refractivity contribution in [2.45, 2.75) is 39.0 Å². The third-order valence-corrected chi connectivity index (χ3v) is 3.12. The third-order valence-electron chi connectivity index (χ3n) is 3.12. The maximum atomic E-state index is 5.36. The summed E-state index contributed by atoms with van der Waals surface area (Å²) in [7, 11) is 0. The van der Waals surface area contributed by atoms with Gasteiger partial charge in [0.2, 0.25) is 0 Å². The zero-order valence-corrected chi connectivity index (χ0v) is 9.62. The van der Waals surface area contributed by atoms with Crippen molar-refractivity contribution in [1.82, 2.24) is 10.5 Å². The van der Waals surface area contributed by atoms with Crippen molar-refractivity contribution in [3.63, 3.8) is 0 Å². The summed E-state index contributed by atoms with van der Waals surface area (Å²) in [6, 6.07) is 2.12. The van der Waals surface area contributed by atoms with E-state index in [9.17, 15) is 0 Å². The molecule has 1 fully saturated rings. The van der Waals surface area contributed by atoms with Crippen molar-refractivity contribution in [3.05, 3.63) is 17.5 Å². The standard InChI is InChI=1S/C12H20N2O/c1-9(2)12-8-11(15-14-12)7-10-3-5-13-6-4-10/h8-10,13H,3-7H2,1-2H3. The second kappa shape index (κ2) is 4.79. The van der Waals surface area contributed by atoms with Gasteiger partial charge in [0, 0.05) is 12.5 Å². The maximum Gasteiger partial charge on any atom is 0.137 e. The van der Waals surface area contributed by atoms with Crippen LogP contribution in [-0.4, -0.2) is 18.2 Å². The van der Waals surface area contributed by atoms with Crippen molar-refractivity contribution in [2.24, 2.45) is 5.92 Å². The van der Waals surface area contributed by atoms with Gasteiger partial charge in [-0.2, -0.15) is 0 Å². The molecule has 1 aliphatic heterocycles. The Bertz CT molecular complexity index is 300. The van der Waals surface area contributed by atoms with Crippen LogP contribution in [0.4, 0.5) is 0 Å². The van der Waals surface area contributed by atoms with E-state index in [-0.39, 0.29) is 0 Å². The minimum atomic E-state index is 0.468. The molecule has 2 rings (SSSR count). The molecule has 3 nitrogen and oxygen atoms in total. The van der Waals surface area contributed by atoms with Crippen LogP contribution in [0.25, 0.3) is 0 Å². The lowest BCUT2D eigenvalue weighted by atomic mass is 9.93. The number of nitrogens with zero attached hydrogens (tertiary/aromatic N) is 1. The number of nitrogens with one attached hydrogen (secondary N) is 1. The van der Waals surface area contributed by atoms with Gasteiger partial charge in [0.15, 0.2) is 0 Å². The van der Waals surface area contributed by atoms with E-state index >= 15 is 0 Å². The summed E-state index contributed by atoms with van der Waals surface area (Å²) in [5.41, 5.74) is 1.08. The lowest BCUT2D eigenvalue weighted by Crippen LogP contribution is -2.28. The van der Waals surface area contributed by atoms with E-state index in [0.717, 1.165) is 36.9 Å². The van der Waals surface area contributed by atoms with Crippen molar-refractivity contribution in [2.75, 3.05) is 13.1 Å². The van der Waals surface area contributed by atoms with Gasteiger partial charge >= 0.3 is 0 Å². The summed E-state index contributed by atoms with van der Waals surface area (Å²) in [5.74, 6) is 2.31. The second-order valence-corrected chi connectivity index (χ2v) is 4.77. The van der Waals surface area contributed by atoms with Gasteiger partial charge in [0.25, 0.3) is 0 Å². The first-order chi connectivity index (χ1) is 7.25. The molecule has 0 amide bonds. The molecule has 0 spiro atoms.